The molecule has 0 atom stereocenters. The van der Waals surface area contributed by atoms with Gasteiger partial charge in [0.2, 0.25) is 0 Å². The largest absolute Gasteiger partial charge is 0.490 e. The molecule has 0 spiro atoms. The minimum absolute atomic E-state index is 0.753. The summed E-state index contributed by atoms with van der Waals surface area (Å²) in [4.78, 5) is 0. The Hall–Kier alpha value is -0.700. The molecule has 2 nitrogen and oxygen atoms in total. The number of fused-ring (bicyclic) bond motifs is 1. The van der Waals surface area contributed by atoms with Gasteiger partial charge in [-0.25, -0.2) is 0 Å². The van der Waals surface area contributed by atoms with Crippen molar-refractivity contribution in [3.63, 3.8) is 0 Å². The fourth-order valence-corrected chi connectivity index (χ4v) is 2.03. The molecule has 1 aliphatic heterocycles. The number of rotatable bonds is 0. The lowest BCUT2D eigenvalue weighted by Crippen LogP contribution is -2.18. The second kappa shape index (κ2) is 2.98. The van der Waals surface area contributed by atoms with Gasteiger partial charge in [-0.1, -0.05) is 0 Å². The van der Waals surface area contributed by atoms with E-state index in [-0.39, 0.29) is 0 Å². The Labute approximate surface area is 80.1 Å². The number of hydrogen-bond donors (Lipinski definition) is 1. The van der Waals surface area contributed by atoms with Crippen molar-refractivity contribution < 1.29 is 4.74 Å². The third kappa shape index (κ3) is 1.29. The van der Waals surface area contributed by atoms with Crippen LogP contribution in [0.15, 0.2) is 16.6 Å². The zero-order chi connectivity index (χ0) is 8.55. The van der Waals surface area contributed by atoms with Crippen LogP contribution < -0.4 is 10.1 Å². The monoisotopic (exact) mass is 227 g/mol. The van der Waals surface area contributed by atoms with Gasteiger partial charge in [0.25, 0.3) is 0 Å². The average molecular weight is 228 g/mol. The Morgan fingerprint density at radius 2 is 2.33 bits per heavy atom. The highest BCUT2D eigenvalue weighted by Gasteiger charge is 2.12. The van der Waals surface area contributed by atoms with Gasteiger partial charge < -0.3 is 10.1 Å². The first-order valence-electron chi connectivity index (χ1n) is 3.94. The summed E-state index contributed by atoms with van der Waals surface area (Å²) in [5.74, 6) is 0.952. The molecule has 0 aromatic heterocycles. The molecule has 0 saturated carbocycles. The minimum Gasteiger partial charge on any atom is -0.490 e. The van der Waals surface area contributed by atoms with Crippen molar-refractivity contribution in [1.29, 1.82) is 0 Å². The van der Waals surface area contributed by atoms with E-state index < -0.39 is 0 Å². The zero-order valence-electron chi connectivity index (χ0n) is 6.86. The van der Waals surface area contributed by atoms with E-state index in [0.717, 1.165) is 29.1 Å². The van der Waals surface area contributed by atoms with E-state index in [1.54, 1.807) is 0 Å². The second-order valence-electron chi connectivity index (χ2n) is 2.90. The van der Waals surface area contributed by atoms with E-state index in [2.05, 4.69) is 34.2 Å². The molecule has 1 aromatic carbocycles. The fourth-order valence-electron chi connectivity index (χ4n) is 1.33. The van der Waals surface area contributed by atoms with Gasteiger partial charge in [-0.3, -0.25) is 0 Å². The zero-order valence-corrected chi connectivity index (χ0v) is 8.44. The van der Waals surface area contributed by atoms with Gasteiger partial charge in [-0.05, 0) is 40.5 Å². The number of aryl methyl sites for hydroxylation is 1. The van der Waals surface area contributed by atoms with Crippen molar-refractivity contribution in [2.75, 3.05) is 18.5 Å². The summed E-state index contributed by atoms with van der Waals surface area (Å²) in [6.45, 7) is 3.70. The molecule has 0 fully saturated rings. The van der Waals surface area contributed by atoms with E-state index in [1.807, 2.05) is 6.07 Å². The third-order valence-corrected chi connectivity index (χ3v) is 2.49. The van der Waals surface area contributed by atoms with Crippen molar-refractivity contribution in [1.82, 2.24) is 0 Å². The van der Waals surface area contributed by atoms with Crippen LogP contribution in [0.2, 0.25) is 0 Å². The van der Waals surface area contributed by atoms with Crippen LogP contribution in [0.5, 0.6) is 5.75 Å². The highest BCUT2D eigenvalue weighted by atomic mass is 79.9. The van der Waals surface area contributed by atoms with Gasteiger partial charge in [0.1, 0.15) is 12.4 Å². The van der Waals surface area contributed by atoms with Crippen LogP contribution >= 0.6 is 15.9 Å². The van der Waals surface area contributed by atoms with Crippen LogP contribution in [0.25, 0.3) is 0 Å². The molecule has 0 bridgehead atoms. The van der Waals surface area contributed by atoms with Gasteiger partial charge in [-0.2, -0.15) is 0 Å². The van der Waals surface area contributed by atoms with Gasteiger partial charge >= 0.3 is 0 Å². The van der Waals surface area contributed by atoms with E-state index in [9.17, 15) is 0 Å². The normalized spacial score (nSPS) is 14.5. The number of hydrogen-bond acceptors (Lipinski definition) is 2. The van der Waals surface area contributed by atoms with Crippen molar-refractivity contribution in [2.45, 2.75) is 6.92 Å². The van der Waals surface area contributed by atoms with Crippen LogP contribution in [0.1, 0.15) is 5.56 Å². The van der Waals surface area contributed by atoms with Crippen molar-refractivity contribution >= 4 is 21.6 Å². The molecule has 0 aliphatic carbocycles. The van der Waals surface area contributed by atoms with Crippen LogP contribution in [-0.4, -0.2) is 13.2 Å². The molecule has 64 valence electrons. The SMILES string of the molecule is Cc1cc(Br)c2c(c1)OCCN2. The molecular formula is C9H10BrNO. The summed E-state index contributed by atoms with van der Waals surface area (Å²) >= 11 is 3.49. The van der Waals surface area contributed by atoms with E-state index in [4.69, 9.17) is 4.74 Å². The lowest BCUT2D eigenvalue weighted by Gasteiger charge is -2.20. The summed E-state index contributed by atoms with van der Waals surface area (Å²) in [6.07, 6.45) is 0. The predicted molar refractivity (Wildman–Crippen MR) is 52.9 cm³/mol. The summed E-state index contributed by atoms with van der Waals surface area (Å²) < 4.78 is 6.57. The summed E-state index contributed by atoms with van der Waals surface area (Å²) in [6, 6.07) is 4.13. The number of anilines is 1. The third-order valence-electron chi connectivity index (χ3n) is 1.86. The van der Waals surface area contributed by atoms with Gasteiger partial charge in [0.05, 0.1) is 5.69 Å². The Morgan fingerprint density at radius 3 is 3.17 bits per heavy atom. The molecule has 0 radical (unpaired) electrons. The number of halogens is 1. The predicted octanol–water partition coefficient (Wildman–Crippen LogP) is 2.56. The molecule has 3 heteroatoms. The first-order chi connectivity index (χ1) is 5.77. The van der Waals surface area contributed by atoms with Crippen LogP contribution in [0, 0.1) is 6.92 Å². The molecule has 1 N–H and O–H groups in total. The standard InChI is InChI=1S/C9H10BrNO/c1-6-4-7(10)9-8(5-6)12-3-2-11-9/h4-5,11H,2-3H2,1H3. The van der Waals surface area contributed by atoms with Crippen molar-refractivity contribution in [2.24, 2.45) is 0 Å². The van der Waals surface area contributed by atoms with E-state index in [0.29, 0.717) is 0 Å². The number of nitrogens with one attached hydrogen (secondary N) is 1. The summed E-state index contributed by atoms with van der Waals surface area (Å²) in [5, 5.41) is 3.29. The first-order valence-corrected chi connectivity index (χ1v) is 4.73. The minimum atomic E-state index is 0.753. The summed E-state index contributed by atoms with van der Waals surface area (Å²) in [5.41, 5.74) is 2.29. The Bertz CT molecular complexity index is 312. The van der Waals surface area contributed by atoms with E-state index in [1.165, 1.54) is 5.56 Å². The van der Waals surface area contributed by atoms with Crippen LogP contribution in [0.3, 0.4) is 0 Å². The molecule has 0 saturated heterocycles. The lowest BCUT2D eigenvalue weighted by atomic mass is 10.2. The molecule has 0 amide bonds. The smallest absolute Gasteiger partial charge is 0.143 e. The second-order valence-corrected chi connectivity index (χ2v) is 3.75. The van der Waals surface area contributed by atoms with Crippen LogP contribution in [0.4, 0.5) is 5.69 Å². The molecule has 1 aliphatic rings. The average Bonchev–Trinajstić information content (AvgIpc) is 2.04. The summed E-state index contributed by atoms with van der Waals surface area (Å²) in [7, 11) is 0. The topological polar surface area (TPSA) is 21.3 Å². The maximum Gasteiger partial charge on any atom is 0.143 e. The molecular weight excluding hydrogens is 218 g/mol. The number of benzene rings is 1. The quantitative estimate of drug-likeness (QED) is 0.736. The molecule has 1 heterocycles. The maximum atomic E-state index is 5.49. The van der Waals surface area contributed by atoms with E-state index >= 15 is 0 Å². The lowest BCUT2D eigenvalue weighted by molar-refractivity contribution is 0.323. The maximum absolute atomic E-state index is 5.49. The molecule has 2 rings (SSSR count). The van der Waals surface area contributed by atoms with Gasteiger partial charge in [0.15, 0.2) is 0 Å². The molecule has 12 heavy (non-hydrogen) atoms. The Kier molecular flexibility index (Phi) is 1.97. The van der Waals surface area contributed by atoms with Gasteiger partial charge in [0, 0.05) is 11.0 Å². The van der Waals surface area contributed by atoms with Crippen molar-refractivity contribution in [3.8, 4) is 5.75 Å². The number of ether oxygens (including phenoxy) is 1. The van der Waals surface area contributed by atoms with Crippen LogP contribution in [-0.2, 0) is 0 Å². The Balaban J connectivity index is 2.53. The molecule has 0 unspecified atom stereocenters. The molecule has 1 aromatic rings. The first kappa shape index (κ1) is 7.92. The highest BCUT2D eigenvalue weighted by molar-refractivity contribution is 9.10. The van der Waals surface area contributed by atoms with Gasteiger partial charge in [-0.15, -0.1) is 0 Å². The fraction of sp³-hybridized carbons (Fsp3) is 0.333. The highest BCUT2D eigenvalue weighted by Crippen LogP contribution is 2.35. The Morgan fingerprint density at radius 1 is 1.50 bits per heavy atom. The van der Waals surface area contributed by atoms with Crippen molar-refractivity contribution in [3.05, 3.63) is 22.2 Å².